The molecule has 0 aliphatic heterocycles. The van der Waals surface area contributed by atoms with E-state index >= 15 is 0 Å². The summed E-state index contributed by atoms with van der Waals surface area (Å²) in [7, 11) is 0. The Balaban J connectivity index is 4.13. The van der Waals surface area contributed by atoms with Gasteiger partial charge < -0.3 is 11.5 Å². The predicted octanol–water partition coefficient (Wildman–Crippen LogP) is -0.310. The van der Waals surface area contributed by atoms with Crippen molar-refractivity contribution < 1.29 is 9.59 Å². The van der Waals surface area contributed by atoms with Crippen molar-refractivity contribution in [3.8, 4) is 0 Å². The van der Waals surface area contributed by atoms with E-state index in [4.69, 9.17) is 23.2 Å². The van der Waals surface area contributed by atoms with Gasteiger partial charge in [-0.3, -0.25) is 10.0 Å². The molecule has 0 aliphatic carbocycles. The van der Waals surface area contributed by atoms with Gasteiger partial charge in [0.15, 0.2) is 0 Å². The number of rotatable bonds is 7. The maximum Gasteiger partial charge on any atom is 0.329 e. The molecule has 0 rings (SSSR count). The van der Waals surface area contributed by atoms with Gasteiger partial charge in [0.2, 0.25) is 0 Å². The molecule has 0 aromatic heterocycles. The Morgan fingerprint density at radius 3 is 2.06 bits per heavy atom. The highest BCUT2D eigenvalue weighted by atomic mass is 16.2. The summed E-state index contributed by atoms with van der Waals surface area (Å²) in [6, 6.07) is -1.41. The SMILES string of the molecule is CCC(CCC(C)CN(N)C(N)=O)N(N)C(N)=O. The van der Waals surface area contributed by atoms with Gasteiger partial charge in [-0.05, 0) is 25.2 Å². The fourth-order valence-electron chi connectivity index (χ4n) is 1.71. The topological polar surface area (TPSA) is 145 Å². The lowest BCUT2D eigenvalue weighted by Crippen LogP contribution is -2.48. The molecule has 8 N–H and O–H groups in total. The summed E-state index contributed by atoms with van der Waals surface area (Å²) in [5.74, 6) is 11.1. The van der Waals surface area contributed by atoms with Gasteiger partial charge in [-0.15, -0.1) is 0 Å². The first-order chi connectivity index (χ1) is 8.29. The van der Waals surface area contributed by atoms with Gasteiger partial charge in [0.1, 0.15) is 0 Å². The van der Waals surface area contributed by atoms with Crippen LogP contribution in [0.2, 0.25) is 0 Å². The molecule has 0 spiro atoms. The first-order valence-electron chi connectivity index (χ1n) is 5.94. The van der Waals surface area contributed by atoms with Crippen LogP contribution in [0.3, 0.4) is 0 Å². The van der Waals surface area contributed by atoms with E-state index in [-0.39, 0.29) is 12.0 Å². The number of carbonyl (C=O) groups excluding carboxylic acids is 2. The first kappa shape index (κ1) is 16.5. The highest BCUT2D eigenvalue weighted by Crippen LogP contribution is 2.13. The number of hydrogen-bond acceptors (Lipinski definition) is 4. The van der Waals surface area contributed by atoms with Crippen LogP contribution in [0.5, 0.6) is 0 Å². The number of primary amides is 2. The average Bonchev–Trinajstić information content (AvgIpc) is 2.28. The van der Waals surface area contributed by atoms with E-state index in [1.165, 1.54) is 0 Å². The van der Waals surface area contributed by atoms with E-state index in [9.17, 15) is 9.59 Å². The summed E-state index contributed by atoms with van der Waals surface area (Å²) >= 11 is 0. The molecule has 0 saturated carbocycles. The van der Waals surface area contributed by atoms with Crippen molar-refractivity contribution in [2.24, 2.45) is 29.1 Å². The standard InChI is InChI=1S/C10H24N6O2/c1-3-8(16(14)10(12)18)5-4-7(2)6-15(13)9(11)17/h7-8H,3-6,13-14H2,1-2H3,(H2,11,17)(H2,12,18). The summed E-state index contributed by atoms with van der Waals surface area (Å²) in [5.41, 5.74) is 10.1. The van der Waals surface area contributed by atoms with E-state index in [0.29, 0.717) is 19.4 Å². The van der Waals surface area contributed by atoms with Crippen LogP contribution in [-0.4, -0.2) is 34.7 Å². The van der Waals surface area contributed by atoms with Crippen molar-refractivity contribution in [1.29, 1.82) is 0 Å². The lowest BCUT2D eigenvalue weighted by Gasteiger charge is -2.26. The molecular formula is C10H24N6O2. The molecule has 0 aromatic carbocycles. The molecule has 2 atom stereocenters. The minimum absolute atomic E-state index is 0.107. The van der Waals surface area contributed by atoms with Gasteiger partial charge in [0.05, 0.1) is 0 Å². The average molecular weight is 260 g/mol. The van der Waals surface area contributed by atoms with Gasteiger partial charge in [-0.25, -0.2) is 21.3 Å². The molecule has 8 nitrogen and oxygen atoms in total. The van der Waals surface area contributed by atoms with Crippen LogP contribution in [0.15, 0.2) is 0 Å². The van der Waals surface area contributed by atoms with E-state index in [2.05, 4.69) is 0 Å². The molecule has 0 aliphatic rings. The van der Waals surface area contributed by atoms with Gasteiger partial charge in [0.25, 0.3) is 0 Å². The van der Waals surface area contributed by atoms with Crippen molar-refractivity contribution in [2.45, 2.75) is 39.2 Å². The smallest absolute Gasteiger partial charge is 0.329 e. The number of hydrazine groups is 2. The highest BCUT2D eigenvalue weighted by molar-refractivity contribution is 5.71. The molecule has 18 heavy (non-hydrogen) atoms. The third kappa shape index (κ3) is 5.69. The van der Waals surface area contributed by atoms with Crippen LogP contribution in [-0.2, 0) is 0 Å². The van der Waals surface area contributed by atoms with Gasteiger partial charge >= 0.3 is 12.1 Å². The monoisotopic (exact) mass is 260 g/mol. The third-order valence-electron chi connectivity index (χ3n) is 2.90. The van der Waals surface area contributed by atoms with Crippen LogP contribution in [0.1, 0.15) is 33.1 Å². The van der Waals surface area contributed by atoms with Gasteiger partial charge in [-0.2, -0.15) is 0 Å². The van der Waals surface area contributed by atoms with E-state index in [0.717, 1.165) is 16.4 Å². The molecule has 0 radical (unpaired) electrons. The molecule has 0 bridgehead atoms. The van der Waals surface area contributed by atoms with Crippen molar-refractivity contribution >= 4 is 12.1 Å². The van der Waals surface area contributed by atoms with Crippen molar-refractivity contribution in [3.05, 3.63) is 0 Å². The Morgan fingerprint density at radius 2 is 1.67 bits per heavy atom. The van der Waals surface area contributed by atoms with Crippen LogP contribution < -0.4 is 23.2 Å². The van der Waals surface area contributed by atoms with Gasteiger partial charge in [0, 0.05) is 12.6 Å². The van der Waals surface area contributed by atoms with Crippen LogP contribution in [0, 0.1) is 5.92 Å². The van der Waals surface area contributed by atoms with Crippen LogP contribution >= 0.6 is 0 Å². The Labute approximate surface area is 107 Å². The molecular weight excluding hydrogens is 236 g/mol. The van der Waals surface area contributed by atoms with E-state index in [1.807, 2.05) is 13.8 Å². The first-order valence-corrected chi connectivity index (χ1v) is 5.94. The zero-order chi connectivity index (χ0) is 14.3. The summed E-state index contributed by atoms with van der Waals surface area (Å²) < 4.78 is 0. The van der Waals surface area contributed by atoms with Gasteiger partial charge in [-0.1, -0.05) is 13.8 Å². The fourth-order valence-corrected chi connectivity index (χ4v) is 1.71. The summed E-state index contributed by atoms with van der Waals surface area (Å²) in [5, 5.41) is 2.01. The molecule has 8 heteroatoms. The summed E-state index contributed by atoms with van der Waals surface area (Å²) in [6.07, 6.45) is 2.18. The number of hydrogen-bond donors (Lipinski definition) is 4. The third-order valence-corrected chi connectivity index (χ3v) is 2.90. The van der Waals surface area contributed by atoms with Crippen molar-refractivity contribution in [1.82, 2.24) is 10.0 Å². The largest absolute Gasteiger partial charge is 0.350 e. The Morgan fingerprint density at radius 1 is 1.11 bits per heavy atom. The quantitative estimate of drug-likeness (QED) is 0.282. The fraction of sp³-hybridized carbons (Fsp3) is 0.800. The Kier molecular flexibility index (Phi) is 7.06. The molecule has 4 amide bonds. The summed E-state index contributed by atoms with van der Waals surface area (Å²) in [6.45, 7) is 4.24. The molecule has 0 fully saturated rings. The summed E-state index contributed by atoms with van der Waals surface area (Å²) in [4.78, 5) is 21.7. The lowest BCUT2D eigenvalue weighted by atomic mass is 10.00. The second-order valence-corrected chi connectivity index (χ2v) is 4.48. The minimum atomic E-state index is -0.661. The van der Waals surface area contributed by atoms with Crippen molar-refractivity contribution in [3.63, 3.8) is 0 Å². The van der Waals surface area contributed by atoms with Crippen LogP contribution in [0.4, 0.5) is 9.59 Å². The number of carbonyl (C=O) groups is 2. The normalized spacial score (nSPS) is 13.8. The molecule has 0 heterocycles. The highest BCUT2D eigenvalue weighted by Gasteiger charge is 2.18. The number of urea groups is 2. The maximum absolute atomic E-state index is 10.9. The lowest BCUT2D eigenvalue weighted by molar-refractivity contribution is 0.170. The second kappa shape index (κ2) is 7.72. The van der Waals surface area contributed by atoms with Crippen LogP contribution in [0.25, 0.3) is 0 Å². The van der Waals surface area contributed by atoms with E-state index < -0.39 is 12.1 Å². The van der Waals surface area contributed by atoms with Crippen molar-refractivity contribution in [2.75, 3.05) is 6.54 Å². The number of nitrogens with two attached hydrogens (primary N) is 4. The molecule has 0 aromatic rings. The Hall–Kier alpha value is -1.54. The Bertz CT molecular complexity index is 286. The zero-order valence-corrected chi connectivity index (χ0v) is 11.0. The van der Waals surface area contributed by atoms with E-state index in [1.54, 1.807) is 0 Å². The number of nitrogens with zero attached hydrogens (tertiary/aromatic N) is 2. The maximum atomic E-state index is 10.9. The predicted molar refractivity (Wildman–Crippen MR) is 68.6 cm³/mol. The molecule has 2 unspecified atom stereocenters. The molecule has 106 valence electrons. The minimum Gasteiger partial charge on any atom is -0.350 e. The second-order valence-electron chi connectivity index (χ2n) is 4.48. The number of amides is 4. The molecule has 0 saturated heterocycles. The zero-order valence-electron chi connectivity index (χ0n) is 11.0.